The summed E-state index contributed by atoms with van der Waals surface area (Å²) in [5, 5.41) is 3.25. The van der Waals surface area contributed by atoms with Crippen LogP contribution in [0.4, 0.5) is 0 Å². The van der Waals surface area contributed by atoms with Gasteiger partial charge in [-0.3, -0.25) is 4.79 Å². The number of rotatable bonds is 4. The number of methoxy groups -OCH3 is 1. The number of sulfone groups is 1. The molecule has 0 bridgehead atoms. The minimum absolute atomic E-state index is 0.0692. The summed E-state index contributed by atoms with van der Waals surface area (Å²) in [6.45, 7) is 0.787. The fourth-order valence-corrected chi connectivity index (χ4v) is 3.72. The van der Waals surface area contributed by atoms with E-state index in [0.717, 1.165) is 6.54 Å². The molecule has 2 fully saturated rings. The van der Waals surface area contributed by atoms with Crippen LogP contribution in [0.3, 0.4) is 0 Å². The summed E-state index contributed by atoms with van der Waals surface area (Å²) in [6.07, 6.45) is 3.05. The van der Waals surface area contributed by atoms with E-state index < -0.39 is 15.4 Å². The van der Waals surface area contributed by atoms with Gasteiger partial charge in [0, 0.05) is 0 Å². The van der Waals surface area contributed by atoms with Crippen molar-refractivity contribution in [1.82, 2.24) is 5.32 Å². The third-order valence-corrected chi connectivity index (χ3v) is 5.33. The first-order valence-electron chi connectivity index (χ1n) is 6.01. The Balaban J connectivity index is 2.04. The molecule has 1 saturated carbocycles. The topological polar surface area (TPSA) is 72.5 Å². The number of nitrogens with one attached hydrogen (secondary N) is 1. The average molecular weight is 261 g/mol. The summed E-state index contributed by atoms with van der Waals surface area (Å²) in [7, 11) is -1.61. The summed E-state index contributed by atoms with van der Waals surface area (Å²) in [4.78, 5) is 11.9. The van der Waals surface area contributed by atoms with Crippen LogP contribution in [-0.2, 0) is 19.4 Å². The largest absolute Gasteiger partial charge is 0.468 e. The zero-order valence-electron chi connectivity index (χ0n) is 10.1. The summed E-state index contributed by atoms with van der Waals surface area (Å²) >= 11 is 0. The molecule has 0 aromatic heterocycles. The van der Waals surface area contributed by atoms with Crippen LogP contribution in [0.2, 0.25) is 0 Å². The molecule has 0 aromatic carbocycles. The van der Waals surface area contributed by atoms with Gasteiger partial charge in [0.15, 0.2) is 0 Å². The zero-order valence-corrected chi connectivity index (χ0v) is 10.9. The smallest absolute Gasteiger partial charge is 0.326 e. The molecule has 2 aliphatic rings. The fraction of sp³-hybridized carbons (Fsp3) is 0.909. The Morgan fingerprint density at radius 3 is 2.41 bits per heavy atom. The molecule has 0 spiro atoms. The van der Waals surface area contributed by atoms with Crippen LogP contribution >= 0.6 is 0 Å². The molecule has 0 unspecified atom stereocenters. The van der Waals surface area contributed by atoms with Gasteiger partial charge in [0.1, 0.15) is 15.4 Å². The highest BCUT2D eigenvalue weighted by atomic mass is 32.2. The van der Waals surface area contributed by atoms with Crippen molar-refractivity contribution in [2.75, 3.05) is 25.2 Å². The van der Waals surface area contributed by atoms with Crippen LogP contribution in [0.5, 0.6) is 0 Å². The maximum absolute atomic E-state index is 11.9. The van der Waals surface area contributed by atoms with E-state index in [1.807, 2.05) is 0 Å². The Hall–Kier alpha value is -0.620. The van der Waals surface area contributed by atoms with E-state index in [1.54, 1.807) is 0 Å². The summed E-state index contributed by atoms with van der Waals surface area (Å²) in [5.74, 6) is 0.461. The molecule has 0 aromatic rings. The Kier molecular flexibility index (Phi) is 3.45. The van der Waals surface area contributed by atoms with Crippen molar-refractivity contribution >= 4 is 15.8 Å². The molecular formula is C11H19NO4S. The van der Waals surface area contributed by atoms with E-state index in [4.69, 9.17) is 4.74 Å². The highest BCUT2D eigenvalue weighted by Crippen LogP contribution is 2.31. The van der Waals surface area contributed by atoms with Crippen molar-refractivity contribution in [3.05, 3.63) is 0 Å². The first-order chi connectivity index (χ1) is 7.97. The third kappa shape index (κ3) is 2.98. The van der Waals surface area contributed by atoms with Gasteiger partial charge in [-0.05, 0) is 38.1 Å². The van der Waals surface area contributed by atoms with Gasteiger partial charge in [-0.2, -0.15) is 0 Å². The molecular weight excluding hydrogens is 242 g/mol. The number of esters is 1. The fourth-order valence-electron chi connectivity index (χ4n) is 2.20. The molecule has 1 aliphatic carbocycles. The predicted octanol–water partition coefficient (Wildman–Crippen LogP) is 0.106. The molecule has 1 N–H and O–H groups in total. The number of hydrogen-bond donors (Lipinski definition) is 1. The Morgan fingerprint density at radius 1 is 1.35 bits per heavy atom. The van der Waals surface area contributed by atoms with Crippen LogP contribution in [-0.4, -0.2) is 45.1 Å². The van der Waals surface area contributed by atoms with E-state index in [-0.39, 0.29) is 17.5 Å². The normalized spacial score (nSPS) is 26.4. The minimum atomic E-state index is -2.97. The molecule has 5 nitrogen and oxygen atoms in total. The number of ether oxygens (including phenoxy) is 1. The van der Waals surface area contributed by atoms with Crippen molar-refractivity contribution in [1.29, 1.82) is 0 Å². The number of hydrogen-bond acceptors (Lipinski definition) is 5. The van der Waals surface area contributed by atoms with Gasteiger partial charge in [0.05, 0.1) is 18.6 Å². The lowest BCUT2D eigenvalue weighted by Crippen LogP contribution is -2.57. The van der Waals surface area contributed by atoms with E-state index in [1.165, 1.54) is 20.0 Å². The summed E-state index contributed by atoms with van der Waals surface area (Å²) in [6, 6.07) is 0. The van der Waals surface area contributed by atoms with Crippen LogP contribution in [0, 0.1) is 5.92 Å². The van der Waals surface area contributed by atoms with Gasteiger partial charge in [0.25, 0.3) is 0 Å². The lowest BCUT2D eigenvalue weighted by molar-refractivity contribution is -0.149. The van der Waals surface area contributed by atoms with E-state index >= 15 is 0 Å². The van der Waals surface area contributed by atoms with E-state index in [9.17, 15) is 13.2 Å². The minimum Gasteiger partial charge on any atom is -0.468 e. The molecule has 1 saturated heterocycles. The van der Waals surface area contributed by atoms with E-state index in [0.29, 0.717) is 18.8 Å². The second kappa shape index (κ2) is 4.57. The highest BCUT2D eigenvalue weighted by molar-refractivity contribution is 7.91. The Morgan fingerprint density at radius 2 is 1.94 bits per heavy atom. The van der Waals surface area contributed by atoms with Crippen LogP contribution < -0.4 is 5.32 Å². The van der Waals surface area contributed by atoms with Gasteiger partial charge in [-0.25, -0.2) is 8.42 Å². The van der Waals surface area contributed by atoms with Crippen molar-refractivity contribution < 1.29 is 17.9 Å². The SMILES string of the molecule is COC(=O)C1(NCC2CC2)CCS(=O)(=O)CC1. The monoisotopic (exact) mass is 261 g/mol. The summed E-state index contributed by atoms with van der Waals surface area (Å²) < 4.78 is 27.7. The van der Waals surface area contributed by atoms with E-state index in [2.05, 4.69) is 5.32 Å². The standard InChI is InChI=1S/C11H19NO4S/c1-16-10(13)11(12-8-9-2-3-9)4-6-17(14,15)7-5-11/h9,12H,2-8H2,1H3. The van der Waals surface area contributed by atoms with Crippen molar-refractivity contribution in [3.8, 4) is 0 Å². The number of carbonyl (C=O) groups is 1. The Bertz CT molecular complexity index is 386. The number of carbonyl (C=O) groups excluding carboxylic acids is 1. The van der Waals surface area contributed by atoms with Gasteiger partial charge in [-0.1, -0.05) is 0 Å². The quantitative estimate of drug-likeness (QED) is 0.727. The highest BCUT2D eigenvalue weighted by Gasteiger charge is 2.44. The molecule has 98 valence electrons. The maximum Gasteiger partial charge on any atom is 0.326 e. The lowest BCUT2D eigenvalue weighted by Gasteiger charge is -2.35. The molecule has 1 aliphatic heterocycles. The molecule has 0 atom stereocenters. The lowest BCUT2D eigenvalue weighted by atomic mass is 9.92. The van der Waals surface area contributed by atoms with Gasteiger partial charge >= 0.3 is 5.97 Å². The van der Waals surface area contributed by atoms with Gasteiger partial charge in [0.2, 0.25) is 0 Å². The first-order valence-corrected chi connectivity index (χ1v) is 7.83. The van der Waals surface area contributed by atoms with Crippen LogP contribution in [0.25, 0.3) is 0 Å². The second-order valence-electron chi connectivity index (χ2n) is 5.05. The van der Waals surface area contributed by atoms with Gasteiger partial charge < -0.3 is 10.1 Å². The van der Waals surface area contributed by atoms with Crippen molar-refractivity contribution in [2.24, 2.45) is 5.92 Å². The van der Waals surface area contributed by atoms with Crippen LogP contribution in [0.15, 0.2) is 0 Å². The third-order valence-electron chi connectivity index (χ3n) is 3.68. The Labute approximate surface area is 102 Å². The molecule has 0 amide bonds. The molecule has 0 radical (unpaired) electrons. The van der Waals surface area contributed by atoms with Crippen LogP contribution in [0.1, 0.15) is 25.7 Å². The maximum atomic E-state index is 11.9. The zero-order chi connectivity index (χ0) is 12.5. The molecule has 6 heteroatoms. The van der Waals surface area contributed by atoms with Crippen molar-refractivity contribution in [2.45, 2.75) is 31.2 Å². The second-order valence-corrected chi connectivity index (χ2v) is 7.35. The molecule has 1 heterocycles. The predicted molar refractivity (Wildman–Crippen MR) is 63.4 cm³/mol. The van der Waals surface area contributed by atoms with Gasteiger partial charge in [-0.15, -0.1) is 0 Å². The average Bonchev–Trinajstić information content (AvgIpc) is 3.11. The van der Waals surface area contributed by atoms with Crippen molar-refractivity contribution in [3.63, 3.8) is 0 Å². The first kappa shape index (κ1) is 12.8. The summed E-state index contributed by atoms with van der Waals surface area (Å²) in [5.41, 5.74) is -0.775. The molecule has 2 rings (SSSR count). The molecule has 17 heavy (non-hydrogen) atoms.